The minimum atomic E-state index is -4.12. The Morgan fingerprint density at radius 2 is 2.24 bits per heavy atom. The molecule has 9 nitrogen and oxygen atoms in total. The van der Waals surface area contributed by atoms with E-state index in [9.17, 15) is 21.9 Å². The van der Waals surface area contributed by atoms with Crippen molar-refractivity contribution in [2.24, 2.45) is 5.14 Å². The Bertz CT molecular complexity index is 726. The minimum Gasteiger partial charge on any atom is -0.385 e. The lowest BCUT2D eigenvalue weighted by atomic mass is 10.2. The normalized spacial score (nSPS) is 22.1. The zero-order valence-corrected chi connectivity index (χ0v) is 13.5. The number of aromatic nitrogens is 1. The first-order valence-electron chi connectivity index (χ1n) is 5.88. The number of fused-ring (bicyclic) bond motifs is 1. The van der Waals surface area contributed by atoms with Crippen molar-refractivity contribution in [3.05, 3.63) is 5.69 Å². The fourth-order valence-electron chi connectivity index (χ4n) is 1.91. The zero-order valence-electron chi connectivity index (χ0n) is 11.1. The van der Waals surface area contributed by atoms with E-state index in [4.69, 9.17) is 9.88 Å². The molecule has 0 saturated heterocycles. The van der Waals surface area contributed by atoms with Crippen molar-refractivity contribution in [2.45, 2.75) is 21.1 Å². The molecule has 1 aliphatic heterocycles. The van der Waals surface area contributed by atoms with Crippen molar-refractivity contribution in [2.75, 3.05) is 26.8 Å². The lowest BCUT2D eigenvalue weighted by Gasteiger charge is -2.28. The molecule has 21 heavy (non-hydrogen) atoms. The maximum atomic E-state index is 12.4. The quantitative estimate of drug-likeness (QED) is 0.635. The average molecular weight is 357 g/mol. The van der Waals surface area contributed by atoms with Gasteiger partial charge in [-0.25, -0.2) is 27.0 Å². The maximum Gasteiger partial charge on any atom is 0.265 e. The van der Waals surface area contributed by atoms with Crippen LogP contribution in [-0.2, 0) is 24.8 Å². The summed E-state index contributed by atoms with van der Waals surface area (Å²) in [6.45, 7) is 0.363. The molecule has 1 aromatic heterocycles. The summed E-state index contributed by atoms with van der Waals surface area (Å²) in [5, 5.41) is 14.9. The third kappa shape index (κ3) is 3.26. The molecule has 0 saturated carbocycles. The van der Waals surface area contributed by atoms with Crippen LogP contribution in [0.15, 0.2) is 8.55 Å². The number of methoxy groups -OCH3 is 1. The van der Waals surface area contributed by atoms with Crippen molar-refractivity contribution in [1.29, 1.82) is 0 Å². The van der Waals surface area contributed by atoms with Gasteiger partial charge < -0.3 is 9.84 Å². The van der Waals surface area contributed by atoms with E-state index in [-0.39, 0.29) is 23.0 Å². The lowest BCUT2D eigenvalue weighted by Crippen LogP contribution is -2.40. The van der Waals surface area contributed by atoms with E-state index in [1.165, 1.54) is 7.11 Å². The van der Waals surface area contributed by atoms with Gasteiger partial charge in [-0.2, -0.15) is 4.31 Å². The molecule has 1 aliphatic rings. The summed E-state index contributed by atoms with van der Waals surface area (Å²) >= 11 is 0.451. The van der Waals surface area contributed by atoms with Gasteiger partial charge in [0.2, 0.25) is 4.34 Å². The molecule has 0 amide bonds. The number of thiazole rings is 1. The molecule has 0 spiro atoms. The number of aliphatic hydroxyl groups excluding tert-OH is 1. The number of sulfonamides is 2. The summed E-state index contributed by atoms with van der Waals surface area (Å²) in [6.07, 6.45) is -0.726. The number of nitrogens with zero attached hydrogens (tertiary/aromatic N) is 2. The molecule has 0 aliphatic carbocycles. The van der Waals surface area contributed by atoms with Crippen molar-refractivity contribution < 1.29 is 26.7 Å². The fraction of sp³-hybridized carbons (Fsp3) is 0.667. The predicted octanol–water partition coefficient (Wildman–Crippen LogP) is -1.14. The topological polar surface area (TPSA) is 140 Å². The third-order valence-electron chi connectivity index (χ3n) is 2.87. The van der Waals surface area contributed by atoms with Crippen LogP contribution in [0.5, 0.6) is 0 Å². The number of nitrogens with two attached hydrogens (primary N) is 1. The monoisotopic (exact) mass is 357 g/mol. The summed E-state index contributed by atoms with van der Waals surface area (Å²) in [4.78, 5) is 3.65. The lowest BCUT2D eigenvalue weighted by molar-refractivity contribution is 0.127. The van der Waals surface area contributed by atoms with Crippen LogP contribution in [0, 0.1) is 0 Å². The number of rotatable bonds is 5. The summed E-state index contributed by atoms with van der Waals surface area (Å²) < 4.78 is 52.5. The van der Waals surface area contributed by atoms with Gasteiger partial charge in [0.05, 0.1) is 0 Å². The van der Waals surface area contributed by atoms with Crippen LogP contribution in [0.3, 0.4) is 0 Å². The van der Waals surface area contributed by atoms with E-state index in [0.29, 0.717) is 24.4 Å². The first-order chi connectivity index (χ1) is 9.67. The first kappa shape index (κ1) is 16.7. The van der Waals surface area contributed by atoms with Gasteiger partial charge >= 0.3 is 0 Å². The van der Waals surface area contributed by atoms with Gasteiger partial charge in [0.25, 0.3) is 20.0 Å². The van der Waals surface area contributed by atoms with Gasteiger partial charge in [-0.3, -0.25) is 0 Å². The molecule has 2 heterocycles. The minimum absolute atomic E-state index is 0.160. The van der Waals surface area contributed by atoms with Gasteiger partial charge in [0, 0.05) is 26.8 Å². The average Bonchev–Trinajstić information content (AvgIpc) is 2.82. The Hall–Kier alpha value is -0.630. The standard InChI is InChI=1S/C9H15N3O6S3/c1-18-4-2-3-12-5-6(13)7-8(21(12,16)17)19-9(11-7)20(10,14)15/h6,13H,2-5H2,1H3,(H2,10,14,15). The molecule has 2 rings (SSSR count). The van der Waals surface area contributed by atoms with Crippen LogP contribution in [0.4, 0.5) is 0 Å². The molecule has 3 N–H and O–H groups in total. The molecular weight excluding hydrogens is 342 g/mol. The van der Waals surface area contributed by atoms with Crippen LogP contribution in [0.1, 0.15) is 18.2 Å². The van der Waals surface area contributed by atoms with Crippen molar-refractivity contribution in [1.82, 2.24) is 9.29 Å². The van der Waals surface area contributed by atoms with Crippen molar-refractivity contribution >= 4 is 31.4 Å². The fourth-order valence-corrected chi connectivity index (χ4v) is 5.96. The molecule has 0 aromatic carbocycles. The second-order valence-corrected chi connectivity index (χ2v) is 9.29. The number of hydrogen-bond acceptors (Lipinski definition) is 8. The van der Waals surface area contributed by atoms with E-state index in [2.05, 4.69) is 4.98 Å². The largest absolute Gasteiger partial charge is 0.385 e. The maximum absolute atomic E-state index is 12.4. The Morgan fingerprint density at radius 3 is 2.81 bits per heavy atom. The number of β-amino-alcohol motifs (C(OH)–C–C–N with tert-alkyl or cyclic N) is 1. The van der Waals surface area contributed by atoms with E-state index in [1.54, 1.807) is 0 Å². The molecule has 0 radical (unpaired) electrons. The summed E-state index contributed by atoms with van der Waals surface area (Å²) in [6, 6.07) is 0. The molecular formula is C9H15N3O6S3. The third-order valence-corrected chi connectivity index (χ3v) is 7.62. The molecule has 0 fully saturated rings. The Balaban J connectivity index is 2.40. The Kier molecular flexibility index (Phi) is 4.68. The Labute approximate surface area is 126 Å². The van der Waals surface area contributed by atoms with E-state index in [1.807, 2.05) is 0 Å². The van der Waals surface area contributed by atoms with E-state index in [0.717, 1.165) is 4.31 Å². The highest BCUT2D eigenvalue weighted by Gasteiger charge is 2.40. The summed E-state index contributed by atoms with van der Waals surface area (Å²) in [7, 11) is -6.50. The number of hydrogen-bond donors (Lipinski definition) is 2. The van der Waals surface area contributed by atoms with Crippen molar-refractivity contribution in [3.8, 4) is 0 Å². The van der Waals surface area contributed by atoms with Gasteiger partial charge in [-0.15, -0.1) is 0 Å². The van der Waals surface area contributed by atoms with Gasteiger partial charge in [0.15, 0.2) is 4.21 Å². The molecule has 1 unspecified atom stereocenters. The van der Waals surface area contributed by atoms with E-state index >= 15 is 0 Å². The van der Waals surface area contributed by atoms with Crippen LogP contribution in [0.25, 0.3) is 0 Å². The Morgan fingerprint density at radius 1 is 1.57 bits per heavy atom. The first-order valence-corrected chi connectivity index (χ1v) is 9.69. The number of ether oxygens (including phenoxy) is 1. The van der Waals surface area contributed by atoms with Crippen LogP contribution < -0.4 is 5.14 Å². The molecule has 1 atom stereocenters. The molecule has 1 aromatic rings. The highest BCUT2D eigenvalue weighted by atomic mass is 32.3. The molecule has 120 valence electrons. The van der Waals surface area contributed by atoms with Crippen LogP contribution in [0.2, 0.25) is 0 Å². The second kappa shape index (κ2) is 5.87. The van der Waals surface area contributed by atoms with E-state index < -0.39 is 30.5 Å². The second-order valence-electron chi connectivity index (χ2n) is 4.42. The SMILES string of the molecule is COCCCN1CC(O)c2nc(S(N)(=O)=O)sc2S1(=O)=O. The van der Waals surface area contributed by atoms with Gasteiger partial charge in [-0.05, 0) is 6.42 Å². The molecule has 0 bridgehead atoms. The zero-order chi connectivity index (χ0) is 15.8. The highest BCUT2D eigenvalue weighted by Crippen LogP contribution is 2.37. The summed E-state index contributed by atoms with van der Waals surface area (Å²) in [5.74, 6) is 0. The predicted molar refractivity (Wildman–Crippen MR) is 73.7 cm³/mol. The van der Waals surface area contributed by atoms with Crippen LogP contribution in [-0.4, -0.2) is 58.0 Å². The van der Waals surface area contributed by atoms with Crippen LogP contribution >= 0.6 is 11.3 Å². The number of primary sulfonamides is 1. The smallest absolute Gasteiger partial charge is 0.265 e. The summed E-state index contributed by atoms with van der Waals surface area (Å²) in [5.41, 5.74) is -0.160. The number of aliphatic hydroxyl groups is 1. The highest BCUT2D eigenvalue weighted by molar-refractivity contribution is 7.93. The van der Waals surface area contributed by atoms with Crippen molar-refractivity contribution in [3.63, 3.8) is 0 Å². The van der Waals surface area contributed by atoms with Gasteiger partial charge in [0.1, 0.15) is 11.8 Å². The molecule has 12 heteroatoms. The van der Waals surface area contributed by atoms with Gasteiger partial charge in [-0.1, -0.05) is 11.3 Å².